The number of nitrogens with one attached hydrogen (secondary N) is 2. The minimum absolute atomic E-state index is 0.462. The molecule has 0 atom stereocenters. The summed E-state index contributed by atoms with van der Waals surface area (Å²) in [4.78, 5) is 18.6. The quantitative estimate of drug-likeness (QED) is 0.199. The van der Waals surface area contributed by atoms with Gasteiger partial charge in [-0.05, 0) is 43.3 Å². The average molecular weight is 442 g/mol. The second-order valence-electron chi connectivity index (χ2n) is 7.79. The predicted molar refractivity (Wildman–Crippen MR) is 130 cm³/mol. The third kappa shape index (κ3) is 6.22. The molecule has 30 heavy (non-hydrogen) atoms. The minimum atomic E-state index is 0.462. The van der Waals surface area contributed by atoms with Crippen molar-refractivity contribution in [1.29, 1.82) is 0 Å². The number of hydrogen-bond donors (Lipinski definition) is 2. The van der Waals surface area contributed by atoms with E-state index in [0.717, 1.165) is 12.0 Å². The van der Waals surface area contributed by atoms with E-state index in [2.05, 4.69) is 36.6 Å². The van der Waals surface area contributed by atoms with E-state index >= 15 is 0 Å². The normalized spacial score (nSPS) is 15.7. The zero-order chi connectivity index (χ0) is 21.3. The molecular formula is C24H31N3OS2. The largest absolute Gasteiger partial charge is 0.394 e. The first-order valence-electron chi connectivity index (χ1n) is 10.6. The van der Waals surface area contributed by atoms with Crippen molar-refractivity contribution in [2.45, 2.75) is 62.0 Å². The first kappa shape index (κ1) is 22.6. The highest BCUT2D eigenvalue weighted by Gasteiger charge is 2.20. The fourth-order valence-electron chi connectivity index (χ4n) is 3.63. The third-order valence-corrected chi connectivity index (χ3v) is 7.30. The van der Waals surface area contributed by atoms with E-state index in [1.165, 1.54) is 52.4 Å². The van der Waals surface area contributed by atoms with Crippen LogP contribution in [0.4, 0.5) is 5.69 Å². The Bertz CT molecular complexity index is 896. The van der Waals surface area contributed by atoms with E-state index in [9.17, 15) is 4.79 Å². The second-order valence-corrected chi connectivity index (χ2v) is 10.5. The molecule has 1 saturated carbocycles. The SMILES string of the molecule is CN/C=C\C=C(/C=O)Nc1ccc(-c2cnc(C3CCCCC3)s2)c(SC(C)C)c1. The summed E-state index contributed by atoms with van der Waals surface area (Å²) < 4.78 is 0. The fourth-order valence-corrected chi connectivity index (χ4v) is 5.83. The van der Waals surface area contributed by atoms with Crippen LogP contribution in [-0.2, 0) is 4.79 Å². The summed E-state index contributed by atoms with van der Waals surface area (Å²) >= 11 is 3.69. The van der Waals surface area contributed by atoms with Gasteiger partial charge in [0.25, 0.3) is 0 Å². The molecule has 0 radical (unpaired) electrons. The number of benzene rings is 1. The molecule has 6 heteroatoms. The van der Waals surface area contributed by atoms with Gasteiger partial charge < -0.3 is 10.6 Å². The zero-order valence-electron chi connectivity index (χ0n) is 18.0. The Labute approximate surface area is 188 Å². The topological polar surface area (TPSA) is 54.0 Å². The van der Waals surface area contributed by atoms with Crippen molar-refractivity contribution in [3.63, 3.8) is 0 Å². The van der Waals surface area contributed by atoms with Gasteiger partial charge in [0.2, 0.25) is 0 Å². The molecule has 160 valence electrons. The van der Waals surface area contributed by atoms with Gasteiger partial charge >= 0.3 is 0 Å². The first-order chi connectivity index (χ1) is 14.6. The number of allylic oxidation sites excluding steroid dienone is 3. The van der Waals surface area contributed by atoms with E-state index < -0.39 is 0 Å². The zero-order valence-corrected chi connectivity index (χ0v) is 19.6. The van der Waals surface area contributed by atoms with Crippen LogP contribution in [0.1, 0.15) is 56.9 Å². The molecule has 0 saturated heterocycles. The van der Waals surface area contributed by atoms with E-state index in [-0.39, 0.29) is 0 Å². The van der Waals surface area contributed by atoms with Gasteiger partial charge in [-0.3, -0.25) is 4.79 Å². The average Bonchev–Trinajstić information content (AvgIpc) is 3.23. The summed E-state index contributed by atoms with van der Waals surface area (Å²) in [6.45, 7) is 4.40. The van der Waals surface area contributed by atoms with Gasteiger partial charge in [0.05, 0.1) is 15.6 Å². The van der Waals surface area contributed by atoms with Crippen molar-refractivity contribution in [1.82, 2.24) is 10.3 Å². The van der Waals surface area contributed by atoms with Gasteiger partial charge in [-0.2, -0.15) is 0 Å². The first-order valence-corrected chi connectivity index (χ1v) is 12.3. The van der Waals surface area contributed by atoms with Crippen LogP contribution in [0.25, 0.3) is 10.4 Å². The fraction of sp³-hybridized carbons (Fsp3) is 0.417. The van der Waals surface area contributed by atoms with Crippen LogP contribution in [0, 0.1) is 0 Å². The summed E-state index contributed by atoms with van der Waals surface area (Å²) in [5.74, 6) is 0.630. The maximum absolute atomic E-state index is 11.4. The number of nitrogens with zero attached hydrogens (tertiary/aromatic N) is 1. The molecule has 1 aromatic carbocycles. The van der Waals surface area contributed by atoms with Crippen LogP contribution in [0.2, 0.25) is 0 Å². The Hall–Kier alpha value is -2.05. The van der Waals surface area contributed by atoms with Gasteiger partial charge in [-0.25, -0.2) is 4.98 Å². The lowest BCUT2D eigenvalue weighted by molar-refractivity contribution is -0.104. The lowest BCUT2D eigenvalue weighted by atomic mass is 9.90. The molecule has 0 unspecified atom stereocenters. The van der Waals surface area contributed by atoms with Crippen LogP contribution in [0.5, 0.6) is 0 Å². The lowest BCUT2D eigenvalue weighted by Gasteiger charge is -2.19. The number of rotatable bonds is 9. The van der Waals surface area contributed by atoms with Crippen LogP contribution < -0.4 is 10.6 Å². The maximum atomic E-state index is 11.4. The molecule has 1 aliphatic rings. The Balaban J connectivity index is 1.86. The highest BCUT2D eigenvalue weighted by molar-refractivity contribution is 8.00. The van der Waals surface area contributed by atoms with Crippen LogP contribution in [0.15, 0.2) is 53.3 Å². The van der Waals surface area contributed by atoms with Crippen molar-refractivity contribution in [3.8, 4) is 10.4 Å². The molecule has 4 nitrogen and oxygen atoms in total. The van der Waals surface area contributed by atoms with E-state index in [0.29, 0.717) is 16.9 Å². The number of aldehydes is 1. The molecule has 1 aliphatic carbocycles. The number of anilines is 1. The number of thiazole rings is 1. The molecule has 0 aliphatic heterocycles. The van der Waals surface area contributed by atoms with Gasteiger partial charge in [-0.1, -0.05) is 39.2 Å². The molecule has 2 N–H and O–H groups in total. The highest BCUT2D eigenvalue weighted by Crippen LogP contribution is 2.41. The number of carbonyl (C=O) groups is 1. The number of hydrogen-bond acceptors (Lipinski definition) is 6. The molecular weight excluding hydrogens is 410 g/mol. The maximum Gasteiger partial charge on any atom is 0.166 e. The molecule has 1 heterocycles. The van der Waals surface area contributed by atoms with Crippen LogP contribution in [0.3, 0.4) is 0 Å². The van der Waals surface area contributed by atoms with E-state index in [1.54, 1.807) is 18.4 Å². The molecule has 1 aromatic heterocycles. The molecule has 0 bridgehead atoms. The molecule has 1 fully saturated rings. The van der Waals surface area contributed by atoms with Gasteiger partial charge in [0.15, 0.2) is 6.29 Å². The predicted octanol–water partition coefficient (Wildman–Crippen LogP) is 6.59. The van der Waals surface area contributed by atoms with E-state index in [4.69, 9.17) is 4.98 Å². The molecule has 2 aromatic rings. The molecule has 0 spiro atoms. The van der Waals surface area contributed by atoms with Gasteiger partial charge in [0.1, 0.15) is 0 Å². The van der Waals surface area contributed by atoms with E-state index in [1.807, 2.05) is 42.4 Å². The smallest absolute Gasteiger partial charge is 0.166 e. The number of carbonyl (C=O) groups excluding carboxylic acids is 1. The summed E-state index contributed by atoms with van der Waals surface area (Å²) in [6, 6.07) is 6.33. The van der Waals surface area contributed by atoms with Gasteiger partial charge in [0, 0.05) is 40.6 Å². The van der Waals surface area contributed by atoms with Crippen molar-refractivity contribution in [3.05, 3.63) is 53.5 Å². The Kier molecular flexibility index (Phi) is 8.58. The number of aromatic nitrogens is 1. The van der Waals surface area contributed by atoms with Crippen molar-refractivity contribution < 1.29 is 4.79 Å². The van der Waals surface area contributed by atoms with Crippen molar-refractivity contribution in [2.24, 2.45) is 0 Å². The minimum Gasteiger partial charge on any atom is -0.394 e. The van der Waals surface area contributed by atoms with Crippen LogP contribution >= 0.6 is 23.1 Å². The standard InChI is InChI=1S/C24H31N3OS2/c1-17(2)29-22-14-19(27-20(16-28)10-7-13-25-3)11-12-21(22)23-15-26-24(30-23)18-8-5-4-6-9-18/h7,10-18,25,27H,4-6,8-9H2,1-3H3/b13-7-,20-10+. The summed E-state index contributed by atoms with van der Waals surface area (Å²) in [5, 5.41) is 7.89. The van der Waals surface area contributed by atoms with Crippen LogP contribution in [-0.4, -0.2) is 23.6 Å². The van der Waals surface area contributed by atoms with Crippen molar-refractivity contribution in [2.75, 3.05) is 12.4 Å². The molecule has 3 rings (SSSR count). The van der Waals surface area contributed by atoms with Gasteiger partial charge in [-0.15, -0.1) is 23.1 Å². The molecule has 0 amide bonds. The Morgan fingerprint density at radius 3 is 2.77 bits per heavy atom. The second kappa shape index (κ2) is 11.4. The monoisotopic (exact) mass is 441 g/mol. The third-order valence-electron chi connectivity index (χ3n) is 5.04. The summed E-state index contributed by atoms with van der Waals surface area (Å²) in [6.07, 6.45) is 14.8. The number of thioether (sulfide) groups is 1. The highest BCUT2D eigenvalue weighted by atomic mass is 32.2. The summed E-state index contributed by atoms with van der Waals surface area (Å²) in [5.41, 5.74) is 2.66. The summed E-state index contributed by atoms with van der Waals surface area (Å²) in [7, 11) is 1.83. The Morgan fingerprint density at radius 1 is 1.27 bits per heavy atom. The Morgan fingerprint density at radius 2 is 2.07 bits per heavy atom. The van der Waals surface area contributed by atoms with Crippen molar-refractivity contribution >= 4 is 35.1 Å². The lowest BCUT2D eigenvalue weighted by Crippen LogP contribution is -2.03.